The van der Waals surface area contributed by atoms with Crippen LogP contribution in [0.4, 0.5) is 0 Å². The molecule has 0 fully saturated rings. The van der Waals surface area contributed by atoms with Crippen LogP contribution in [-0.4, -0.2) is 5.11 Å². The van der Waals surface area contributed by atoms with Gasteiger partial charge in [0.25, 0.3) is 0 Å². The summed E-state index contributed by atoms with van der Waals surface area (Å²) in [5, 5.41) is 10.9. The van der Waals surface area contributed by atoms with Crippen molar-refractivity contribution in [3.63, 3.8) is 0 Å². The van der Waals surface area contributed by atoms with Gasteiger partial charge in [0.2, 0.25) is 0 Å². The zero-order valence-corrected chi connectivity index (χ0v) is 7.56. The Balaban J connectivity index is 2.67. The molecule has 0 spiro atoms. The molecule has 1 N–H and O–H groups in total. The van der Waals surface area contributed by atoms with Crippen molar-refractivity contribution in [1.29, 1.82) is 0 Å². The molecular weight excluding hydrogens is 196 g/mol. The van der Waals surface area contributed by atoms with Gasteiger partial charge in [0.15, 0.2) is 11.3 Å². The van der Waals surface area contributed by atoms with Crippen molar-refractivity contribution in [1.82, 2.24) is 0 Å². The number of benzene rings is 1. The molecule has 0 saturated carbocycles. The Morgan fingerprint density at radius 1 is 1.13 bits per heavy atom. The molecule has 2 aromatic heterocycles. The van der Waals surface area contributed by atoms with Gasteiger partial charge in [-0.3, -0.25) is 0 Å². The Morgan fingerprint density at radius 2 is 2.00 bits per heavy atom. The van der Waals surface area contributed by atoms with E-state index in [0.29, 0.717) is 21.9 Å². The van der Waals surface area contributed by atoms with Crippen LogP contribution in [0.3, 0.4) is 0 Å². The summed E-state index contributed by atoms with van der Waals surface area (Å²) < 4.78 is 10.1. The second-order valence-corrected chi connectivity index (χ2v) is 3.23. The zero-order chi connectivity index (χ0) is 10.4. The van der Waals surface area contributed by atoms with Gasteiger partial charge in [0.05, 0.1) is 11.6 Å². The summed E-state index contributed by atoms with van der Waals surface area (Å²) in [5.74, 6) is 0.0383. The summed E-state index contributed by atoms with van der Waals surface area (Å²) in [7, 11) is 0. The molecule has 3 aromatic rings. The second kappa shape index (κ2) is 2.63. The third-order valence-corrected chi connectivity index (χ3v) is 2.30. The summed E-state index contributed by atoms with van der Waals surface area (Å²) in [6.45, 7) is 0. The first-order valence-corrected chi connectivity index (χ1v) is 4.39. The predicted octanol–water partition coefficient (Wildman–Crippen LogP) is 2.24. The average Bonchev–Trinajstić information content (AvgIpc) is 2.69. The summed E-state index contributed by atoms with van der Waals surface area (Å²) in [6, 6.07) is 6.07. The lowest BCUT2D eigenvalue weighted by Crippen LogP contribution is -1.94. The highest BCUT2D eigenvalue weighted by atomic mass is 16.4. The molecule has 2 heterocycles. The van der Waals surface area contributed by atoms with E-state index in [1.165, 1.54) is 18.4 Å². The van der Waals surface area contributed by atoms with Crippen LogP contribution in [0.25, 0.3) is 21.9 Å². The van der Waals surface area contributed by atoms with Gasteiger partial charge in [0, 0.05) is 11.5 Å². The van der Waals surface area contributed by atoms with Crippen LogP contribution >= 0.6 is 0 Å². The number of aromatic hydroxyl groups is 1. The first-order chi connectivity index (χ1) is 7.25. The highest BCUT2D eigenvalue weighted by Crippen LogP contribution is 2.32. The van der Waals surface area contributed by atoms with E-state index in [0.717, 1.165) is 0 Å². The maximum atomic E-state index is 11.1. The quantitative estimate of drug-likeness (QED) is 0.568. The van der Waals surface area contributed by atoms with Crippen LogP contribution in [0, 0.1) is 0 Å². The molecule has 0 aliphatic heterocycles. The SMILES string of the molecule is O=c1ccc2cc(O)c3occc3c2o1. The maximum absolute atomic E-state index is 11.1. The number of hydrogen-bond acceptors (Lipinski definition) is 4. The number of hydrogen-bond donors (Lipinski definition) is 1. The van der Waals surface area contributed by atoms with Gasteiger partial charge in [-0.2, -0.15) is 0 Å². The Hall–Kier alpha value is -2.23. The first kappa shape index (κ1) is 8.11. The summed E-state index contributed by atoms with van der Waals surface area (Å²) in [5.41, 5.74) is 0.344. The van der Waals surface area contributed by atoms with E-state index in [1.54, 1.807) is 12.1 Å². The molecule has 4 heteroatoms. The maximum Gasteiger partial charge on any atom is 0.336 e. The fourth-order valence-corrected chi connectivity index (χ4v) is 1.65. The van der Waals surface area contributed by atoms with Crippen molar-refractivity contribution in [2.45, 2.75) is 0 Å². The standard InChI is InChI=1S/C11H6O4/c12-8-5-6-1-2-9(13)15-10(6)7-3-4-14-11(7)8/h1-5,12H. The predicted molar refractivity (Wildman–Crippen MR) is 53.9 cm³/mol. The van der Waals surface area contributed by atoms with Crippen LogP contribution in [-0.2, 0) is 0 Å². The minimum Gasteiger partial charge on any atom is -0.504 e. The molecule has 74 valence electrons. The molecule has 0 bridgehead atoms. The van der Waals surface area contributed by atoms with Gasteiger partial charge < -0.3 is 13.9 Å². The van der Waals surface area contributed by atoms with Gasteiger partial charge in [-0.15, -0.1) is 0 Å². The van der Waals surface area contributed by atoms with Crippen molar-refractivity contribution in [2.24, 2.45) is 0 Å². The van der Waals surface area contributed by atoms with Crippen molar-refractivity contribution in [2.75, 3.05) is 0 Å². The van der Waals surface area contributed by atoms with E-state index >= 15 is 0 Å². The van der Waals surface area contributed by atoms with Gasteiger partial charge in [0.1, 0.15) is 5.58 Å². The summed E-state index contributed by atoms with van der Waals surface area (Å²) >= 11 is 0. The third kappa shape index (κ3) is 1.05. The van der Waals surface area contributed by atoms with Crippen molar-refractivity contribution in [3.05, 3.63) is 40.9 Å². The van der Waals surface area contributed by atoms with E-state index in [2.05, 4.69) is 0 Å². The lowest BCUT2D eigenvalue weighted by molar-refractivity contribution is 0.465. The highest BCUT2D eigenvalue weighted by molar-refractivity contribution is 6.04. The largest absolute Gasteiger partial charge is 0.504 e. The van der Waals surface area contributed by atoms with Gasteiger partial charge in [-0.05, 0) is 18.2 Å². The van der Waals surface area contributed by atoms with Crippen LogP contribution in [0.1, 0.15) is 0 Å². The lowest BCUT2D eigenvalue weighted by Gasteiger charge is -1.98. The number of fused-ring (bicyclic) bond motifs is 3. The molecule has 0 aliphatic rings. The fourth-order valence-electron chi connectivity index (χ4n) is 1.65. The molecular formula is C11H6O4. The number of furan rings is 1. The molecule has 0 atom stereocenters. The third-order valence-electron chi connectivity index (χ3n) is 2.30. The second-order valence-electron chi connectivity index (χ2n) is 3.23. The smallest absolute Gasteiger partial charge is 0.336 e. The van der Waals surface area contributed by atoms with Gasteiger partial charge in [-0.25, -0.2) is 4.79 Å². The average molecular weight is 202 g/mol. The molecule has 1 aromatic carbocycles. The minimum atomic E-state index is -0.421. The zero-order valence-electron chi connectivity index (χ0n) is 7.56. The van der Waals surface area contributed by atoms with E-state index in [4.69, 9.17) is 8.83 Å². The molecule has 0 unspecified atom stereocenters. The molecule has 0 aliphatic carbocycles. The molecule has 0 radical (unpaired) electrons. The molecule has 15 heavy (non-hydrogen) atoms. The van der Waals surface area contributed by atoms with E-state index in [9.17, 15) is 9.90 Å². The monoisotopic (exact) mass is 202 g/mol. The Labute approximate surface area is 83.3 Å². The number of rotatable bonds is 0. The van der Waals surface area contributed by atoms with Crippen LogP contribution in [0.5, 0.6) is 5.75 Å². The molecule has 4 nitrogen and oxygen atoms in total. The Bertz CT molecular complexity index is 705. The topological polar surface area (TPSA) is 63.6 Å². The number of phenols is 1. The molecule has 0 saturated heterocycles. The molecule has 0 amide bonds. The Kier molecular flexibility index (Phi) is 1.42. The van der Waals surface area contributed by atoms with Crippen molar-refractivity contribution < 1.29 is 13.9 Å². The first-order valence-electron chi connectivity index (χ1n) is 4.39. The highest BCUT2D eigenvalue weighted by Gasteiger charge is 2.10. The van der Waals surface area contributed by atoms with Crippen molar-refractivity contribution in [3.8, 4) is 5.75 Å². The lowest BCUT2D eigenvalue weighted by atomic mass is 10.1. The number of phenolic OH excluding ortho intramolecular Hbond substituents is 1. The van der Waals surface area contributed by atoms with E-state index in [-0.39, 0.29) is 5.75 Å². The van der Waals surface area contributed by atoms with E-state index < -0.39 is 5.63 Å². The summed E-state index contributed by atoms with van der Waals surface area (Å²) in [6.07, 6.45) is 1.44. The molecule has 3 rings (SSSR count). The van der Waals surface area contributed by atoms with Gasteiger partial charge >= 0.3 is 5.63 Å². The van der Waals surface area contributed by atoms with Crippen molar-refractivity contribution >= 4 is 21.9 Å². The van der Waals surface area contributed by atoms with Crippen LogP contribution in [0.15, 0.2) is 44.2 Å². The normalized spacial score (nSPS) is 11.2. The fraction of sp³-hybridized carbons (Fsp3) is 0. The minimum absolute atomic E-state index is 0.0383. The Morgan fingerprint density at radius 3 is 2.87 bits per heavy atom. The van der Waals surface area contributed by atoms with Crippen LogP contribution in [0.2, 0.25) is 0 Å². The van der Waals surface area contributed by atoms with Crippen LogP contribution < -0.4 is 5.63 Å². The van der Waals surface area contributed by atoms with Gasteiger partial charge in [-0.1, -0.05) is 0 Å². The van der Waals surface area contributed by atoms with E-state index in [1.807, 2.05) is 0 Å². The summed E-state index contributed by atoms with van der Waals surface area (Å²) in [4.78, 5) is 11.1.